The molecule has 1 radical (unpaired) electrons. The zero-order valence-corrected chi connectivity index (χ0v) is 17.1. The van der Waals surface area contributed by atoms with Crippen LogP contribution in [0.15, 0.2) is 12.1 Å². The van der Waals surface area contributed by atoms with Gasteiger partial charge in [0.15, 0.2) is 5.69 Å². The first-order chi connectivity index (χ1) is 9.88. The fourth-order valence-electron chi connectivity index (χ4n) is 1.63. The van der Waals surface area contributed by atoms with Gasteiger partial charge in [0.25, 0.3) is 0 Å². The molecule has 0 fully saturated rings. The molecule has 0 saturated heterocycles. The third-order valence-electron chi connectivity index (χ3n) is 2.15. The number of hydrogen-bond donors (Lipinski definition) is 0. The first-order valence-electron chi connectivity index (χ1n) is 5.78. The Hall–Kier alpha value is -0.391. The van der Waals surface area contributed by atoms with E-state index in [2.05, 4.69) is 46.0 Å². The molecule has 0 aliphatic heterocycles. The van der Waals surface area contributed by atoms with E-state index >= 15 is 0 Å². The summed E-state index contributed by atoms with van der Waals surface area (Å²) in [5.41, 5.74) is 2.19. The summed E-state index contributed by atoms with van der Waals surface area (Å²) in [5, 5.41) is 10.9. The monoisotopic (exact) mass is 519 g/mol. The van der Waals surface area contributed by atoms with Crippen molar-refractivity contribution in [3.63, 3.8) is 0 Å². The van der Waals surface area contributed by atoms with E-state index in [1.54, 1.807) is 12.1 Å². The predicted molar refractivity (Wildman–Crippen MR) is 84.7 cm³/mol. The van der Waals surface area contributed by atoms with Crippen LogP contribution < -0.4 is 0 Å². The van der Waals surface area contributed by atoms with Gasteiger partial charge in [-0.2, -0.15) is 17.2 Å². The second kappa shape index (κ2) is 15.5. The van der Waals surface area contributed by atoms with Crippen LogP contribution in [0.1, 0.15) is 11.1 Å². The second-order valence-electron chi connectivity index (χ2n) is 4.62. The Morgan fingerprint density at radius 1 is 1.05 bits per heavy atom. The van der Waals surface area contributed by atoms with E-state index < -0.39 is 0 Å². The van der Waals surface area contributed by atoms with E-state index in [0.717, 1.165) is 23.5 Å². The summed E-state index contributed by atoms with van der Waals surface area (Å²) in [4.78, 5) is 10.6. The Kier molecular flexibility index (Phi) is 18.7. The fraction of sp³-hybridized carbons (Fsp3) is 0.429. The van der Waals surface area contributed by atoms with Gasteiger partial charge in [0.05, 0.1) is 0 Å². The Balaban J connectivity index is -0.000000665. The van der Waals surface area contributed by atoms with Gasteiger partial charge in [-0.1, -0.05) is 12.1 Å². The molecule has 0 bridgehead atoms. The van der Waals surface area contributed by atoms with Gasteiger partial charge < -0.3 is 0 Å². The Bertz CT molecular complexity index is 456. The van der Waals surface area contributed by atoms with Gasteiger partial charge >= 0.3 is 22.6 Å². The van der Waals surface area contributed by atoms with Crippen LogP contribution in [0.5, 0.6) is 0 Å². The minimum absolute atomic E-state index is 0. The Morgan fingerprint density at radius 2 is 1.36 bits per heavy atom. The summed E-state index contributed by atoms with van der Waals surface area (Å²) in [6, 6.07) is 6.66. The van der Waals surface area contributed by atoms with Crippen molar-refractivity contribution in [2.75, 3.05) is 26.7 Å². The van der Waals surface area contributed by atoms with Crippen LogP contribution in [0.25, 0.3) is 0 Å². The van der Waals surface area contributed by atoms with E-state index in [-0.39, 0.29) is 46.6 Å². The molecule has 0 spiro atoms. The Labute approximate surface area is 147 Å². The molecule has 1 aromatic carbocycles. The number of hydrogen-bond acceptors (Lipinski definition) is 2. The number of non-ortho nitro benzene ring substituents is 1. The number of benzene rings is 1. The quantitative estimate of drug-likeness (QED) is 0.195. The zero-order chi connectivity index (χ0) is 17.0. The normalized spacial score (nSPS) is 8.82. The van der Waals surface area contributed by atoms with Gasteiger partial charge in [-0.3, -0.25) is 10.1 Å². The third kappa shape index (κ3) is 12.2. The van der Waals surface area contributed by atoms with Crippen molar-refractivity contribution < 1.29 is 34.3 Å². The molecule has 22 heavy (non-hydrogen) atoms. The molecule has 123 valence electrons. The van der Waals surface area contributed by atoms with Crippen molar-refractivity contribution in [1.82, 2.24) is 0 Å². The molecule has 0 heterocycles. The molecular weight excluding hydrogens is 500 g/mol. The van der Waals surface area contributed by atoms with E-state index in [4.69, 9.17) is 9.30 Å². The van der Waals surface area contributed by atoms with E-state index in [9.17, 15) is 10.1 Å². The summed E-state index contributed by atoms with van der Waals surface area (Å²) in [6.07, 6.45) is 1.82. The maximum atomic E-state index is 10.9. The average Bonchev–Trinajstić information content (AvgIpc) is 2.41. The summed E-state index contributed by atoms with van der Waals surface area (Å²) in [6.45, 7) is 17.7. The third-order valence-corrected chi connectivity index (χ3v) is 4.10. The zero-order valence-electron chi connectivity index (χ0n) is 12.9. The van der Waals surface area contributed by atoms with Crippen molar-refractivity contribution in [3.05, 3.63) is 52.7 Å². The smallest absolute Gasteiger partial charge is 0 e. The van der Waals surface area contributed by atoms with Crippen LogP contribution in [0.3, 0.4) is 0 Å². The van der Waals surface area contributed by atoms with Gasteiger partial charge in [-0.25, -0.2) is 0 Å². The SMILES string of the molecule is CP(C)Cc1[c-]c(CP(C)C)cc([N+](=O)[O-])c1.[C-]#[O+].[C-]#[O+].[Ir]. The summed E-state index contributed by atoms with van der Waals surface area (Å²) >= 11 is 0. The van der Waals surface area contributed by atoms with Crippen molar-refractivity contribution in [2.45, 2.75) is 12.3 Å². The molecule has 1 aromatic rings. The number of nitrogens with zero attached hydrogens (tertiary/aromatic N) is 1. The van der Waals surface area contributed by atoms with Crippen LogP contribution in [-0.4, -0.2) is 31.6 Å². The number of rotatable bonds is 5. The van der Waals surface area contributed by atoms with Gasteiger partial charge in [0.1, 0.15) is 0 Å². The maximum Gasteiger partial charge on any atom is 0 e. The standard InChI is InChI=1S/C12H18NO2P2.2CO.Ir/c1-16(2)8-10-5-11(9-17(3)4)7-12(6-10)13(14)15;2*1-2;/h6-7H,8-9H2,1-4H3;;;/q-1;;;. The van der Waals surface area contributed by atoms with Gasteiger partial charge in [-0.15, -0.1) is 15.8 Å². The molecule has 0 aliphatic carbocycles. The van der Waals surface area contributed by atoms with E-state index in [1.807, 2.05) is 0 Å². The minimum Gasteiger partial charge on any atom is 0 e. The van der Waals surface area contributed by atoms with Crippen LogP contribution in [0, 0.1) is 29.5 Å². The van der Waals surface area contributed by atoms with Crippen LogP contribution >= 0.6 is 15.8 Å². The molecule has 8 heteroatoms. The molecule has 0 amide bonds. The topological polar surface area (TPSA) is 82.9 Å². The average molecular weight is 518 g/mol. The first-order valence-corrected chi connectivity index (χ1v) is 10.6. The molecule has 0 atom stereocenters. The van der Waals surface area contributed by atoms with Crippen molar-refractivity contribution in [3.8, 4) is 0 Å². The molecule has 0 aromatic heterocycles. The summed E-state index contributed by atoms with van der Waals surface area (Å²) in [5.74, 6) is 0. The van der Waals surface area contributed by atoms with Gasteiger partial charge in [0, 0.05) is 25.0 Å². The maximum absolute atomic E-state index is 10.9. The van der Waals surface area contributed by atoms with Crippen LogP contribution in [-0.2, 0) is 41.7 Å². The minimum atomic E-state index is -0.304. The molecule has 0 unspecified atom stereocenters. The second-order valence-corrected chi connectivity index (χ2v) is 9.57. The fourth-order valence-corrected chi connectivity index (χ4v) is 3.34. The van der Waals surface area contributed by atoms with Crippen LogP contribution in [0.4, 0.5) is 5.69 Å². The van der Waals surface area contributed by atoms with Crippen molar-refractivity contribution in [1.29, 1.82) is 0 Å². The summed E-state index contributed by atoms with van der Waals surface area (Å²) < 4.78 is 15.0. The van der Waals surface area contributed by atoms with Crippen molar-refractivity contribution >= 4 is 21.5 Å². The van der Waals surface area contributed by atoms with Gasteiger partial charge in [-0.05, 0) is 39.0 Å². The molecule has 0 saturated carbocycles. The largest absolute Gasteiger partial charge is 0 e. The molecular formula is C14H18IrNO4P2-. The Morgan fingerprint density at radius 3 is 1.59 bits per heavy atom. The molecule has 1 rings (SSSR count). The number of nitro groups is 1. The number of nitro benzene ring substituents is 1. The molecule has 0 N–H and O–H groups in total. The van der Waals surface area contributed by atoms with Crippen molar-refractivity contribution in [2.24, 2.45) is 0 Å². The van der Waals surface area contributed by atoms with Gasteiger partial charge in [0.2, 0.25) is 0 Å². The predicted octanol–water partition coefficient (Wildman–Crippen LogP) is 3.80. The van der Waals surface area contributed by atoms with Crippen LogP contribution in [0.2, 0.25) is 0 Å². The summed E-state index contributed by atoms with van der Waals surface area (Å²) in [7, 11) is -0.179. The first kappa shape index (κ1) is 26.5. The van der Waals surface area contributed by atoms with E-state index in [1.165, 1.54) is 0 Å². The molecule has 5 nitrogen and oxygen atoms in total. The van der Waals surface area contributed by atoms with E-state index in [0.29, 0.717) is 0 Å². The molecule has 0 aliphatic rings.